The molecule has 1 amide bonds. The number of rotatable bonds is 6. The highest BCUT2D eigenvalue weighted by molar-refractivity contribution is 9.10. The molecule has 0 spiro atoms. The molecule has 1 N–H and O–H groups in total. The molecule has 31 heavy (non-hydrogen) atoms. The Kier molecular flexibility index (Phi) is 6.89. The lowest BCUT2D eigenvalue weighted by Crippen LogP contribution is -2.19. The SMILES string of the molecule is CCc1ccc(N=C2NC(=O)/C(=C/c3ccc(OCc4ccc(Br)cc4)cc3)S2)cc1. The number of thioether (sulfide) groups is 1. The summed E-state index contributed by atoms with van der Waals surface area (Å²) in [4.78, 5) is 17.5. The van der Waals surface area contributed by atoms with Gasteiger partial charge in [0.15, 0.2) is 5.17 Å². The Bertz CT molecular complexity index is 1120. The maximum absolute atomic E-state index is 12.3. The van der Waals surface area contributed by atoms with Crippen LogP contribution in [0.4, 0.5) is 5.69 Å². The molecule has 6 heteroatoms. The molecule has 0 radical (unpaired) electrons. The van der Waals surface area contributed by atoms with Crippen molar-refractivity contribution in [2.75, 3.05) is 0 Å². The molecule has 1 fully saturated rings. The summed E-state index contributed by atoms with van der Waals surface area (Å²) < 4.78 is 6.88. The largest absolute Gasteiger partial charge is 0.489 e. The molecule has 0 bridgehead atoms. The molecule has 0 aliphatic carbocycles. The molecule has 3 aromatic rings. The monoisotopic (exact) mass is 492 g/mol. The third-order valence-electron chi connectivity index (χ3n) is 4.72. The minimum atomic E-state index is -0.135. The van der Waals surface area contributed by atoms with Gasteiger partial charge in [0.25, 0.3) is 5.91 Å². The van der Waals surface area contributed by atoms with Crippen molar-refractivity contribution >= 4 is 50.5 Å². The van der Waals surface area contributed by atoms with Crippen molar-refractivity contribution in [1.82, 2.24) is 5.32 Å². The fourth-order valence-electron chi connectivity index (χ4n) is 2.96. The summed E-state index contributed by atoms with van der Waals surface area (Å²) in [6.45, 7) is 2.62. The first kappa shape index (κ1) is 21.4. The zero-order valence-electron chi connectivity index (χ0n) is 17.0. The number of nitrogens with one attached hydrogen (secondary N) is 1. The molecule has 0 atom stereocenters. The smallest absolute Gasteiger partial charge is 0.264 e. The summed E-state index contributed by atoms with van der Waals surface area (Å²) >= 11 is 4.78. The van der Waals surface area contributed by atoms with Crippen molar-refractivity contribution in [3.63, 3.8) is 0 Å². The van der Waals surface area contributed by atoms with Gasteiger partial charge in [-0.1, -0.05) is 59.3 Å². The van der Waals surface area contributed by atoms with Crippen LogP contribution in [0, 0.1) is 0 Å². The number of halogens is 1. The van der Waals surface area contributed by atoms with E-state index < -0.39 is 0 Å². The first-order valence-electron chi connectivity index (χ1n) is 9.95. The van der Waals surface area contributed by atoms with Crippen LogP contribution in [0.3, 0.4) is 0 Å². The number of carbonyl (C=O) groups excluding carboxylic acids is 1. The van der Waals surface area contributed by atoms with Gasteiger partial charge < -0.3 is 10.1 Å². The van der Waals surface area contributed by atoms with Gasteiger partial charge in [-0.3, -0.25) is 4.79 Å². The van der Waals surface area contributed by atoms with Crippen molar-refractivity contribution in [1.29, 1.82) is 0 Å². The lowest BCUT2D eigenvalue weighted by atomic mass is 10.2. The molecule has 0 unspecified atom stereocenters. The molecule has 1 saturated heterocycles. The average Bonchev–Trinajstić information content (AvgIpc) is 3.13. The number of aliphatic imine (C=N–C) groups is 1. The average molecular weight is 493 g/mol. The van der Waals surface area contributed by atoms with Gasteiger partial charge in [-0.15, -0.1) is 0 Å². The van der Waals surface area contributed by atoms with Crippen LogP contribution in [0.25, 0.3) is 6.08 Å². The second-order valence-electron chi connectivity index (χ2n) is 6.99. The van der Waals surface area contributed by atoms with E-state index >= 15 is 0 Å². The predicted octanol–water partition coefficient (Wildman–Crippen LogP) is 6.48. The molecule has 1 aliphatic rings. The van der Waals surface area contributed by atoms with E-state index in [1.807, 2.05) is 66.7 Å². The van der Waals surface area contributed by atoms with E-state index in [9.17, 15) is 4.79 Å². The standard InChI is InChI=1S/C25H21BrN2O2S/c1-2-17-5-11-21(12-6-17)27-25-28-24(29)23(31-25)15-18-7-13-22(14-8-18)30-16-19-3-9-20(26)10-4-19/h3-15H,2,16H2,1H3,(H,27,28,29)/b23-15-. The summed E-state index contributed by atoms with van der Waals surface area (Å²) in [5.41, 5.74) is 4.12. The number of ether oxygens (including phenoxy) is 1. The van der Waals surface area contributed by atoms with E-state index in [0.29, 0.717) is 16.7 Å². The Hall–Kier alpha value is -2.83. The van der Waals surface area contributed by atoms with Crippen LogP contribution in [-0.2, 0) is 17.8 Å². The van der Waals surface area contributed by atoms with Crippen molar-refractivity contribution in [3.05, 3.63) is 98.9 Å². The third-order valence-corrected chi connectivity index (χ3v) is 6.16. The van der Waals surface area contributed by atoms with Gasteiger partial charge in [0.05, 0.1) is 10.6 Å². The van der Waals surface area contributed by atoms with Crippen LogP contribution in [0.1, 0.15) is 23.6 Å². The maximum Gasteiger partial charge on any atom is 0.264 e. The quantitative estimate of drug-likeness (QED) is 0.400. The van der Waals surface area contributed by atoms with Gasteiger partial charge in [0.2, 0.25) is 0 Å². The van der Waals surface area contributed by atoms with Gasteiger partial charge in [0.1, 0.15) is 12.4 Å². The van der Waals surface area contributed by atoms with E-state index in [1.165, 1.54) is 17.3 Å². The van der Waals surface area contributed by atoms with E-state index in [1.54, 1.807) is 0 Å². The van der Waals surface area contributed by atoms with E-state index in [0.717, 1.165) is 33.5 Å². The topological polar surface area (TPSA) is 50.7 Å². The maximum atomic E-state index is 12.3. The summed E-state index contributed by atoms with van der Waals surface area (Å²) in [5.74, 6) is 0.649. The first-order valence-corrected chi connectivity index (χ1v) is 11.6. The van der Waals surface area contributed by atoms with Crippen LogP contribution in [-0.4, -0.2) is 11.1 Å². The van der Waals surface area contributed by atoms with Gasteiger partial charge >= 0.3 is 0 Å². The summed E-state index contributed by atoms with van der Waals surface area (Å²) in [6.07, 6.45) is 2.85. The van der Waals surface area contributed by atoms with Crippen molar-refractivity contribution < 1.29 is 9.53 Å². The van der Waals surface area contributed by atoms with E-state index in [-0.39, 0.29) is 5.91 Å². The number of hydrogen-bond donors (Lipinski definition) is 1. The molecule has 156 valence electrons. The van der Waals surface area contributed by atoms with Crippen LogP contribution in [0.5, 0.6) is 5.75 Å². The van der Waals surface area contributed by atoms with Crippen molar-refractivity contribution in [3.8, 4) is 5.75 Å². The zero-order valence-corrected chi connectivity index (χ0v) is 19.4. The second-order valence-corrected chi connectivity index (χ2v) is 8.93. The summed E-state index contributed by atoms with van der Waals surface area (Å²) in [6, 6.07) is 23.8. The molecule has 4 nitrogen and oxygen atoms in total. The third kappa shape index (κ3) is 5.87. The molecule has 0 aromatic heterocycles. The molecular weight excluding hydrogens is 472 g/mol. The van der Waals surface area contributed by atoms with Gasteiger partial charge in [-0.2, -0.15) is 0 Å². The van der Waals surface area contributed by atoms with Crippen LogP contribution in [0.15, 0.2) is 87.2 Å². The van der Waals surface area contributed by atoms with Crippen LogP contribution in [0.2, 0.25) is 0 Å². The summed E-state index contributed by atoms with van der Waals surface area (Å²) in [5, 5.41) is 3.43. The molecule has 1 heterocycles. The number of amidine groups is 1. The Morgan fingerprint density at radius 2 is 1.65 bits per heavy atom. The highest BCUT2D eigenvalue weighted by atomic mass is 79.9. The van der Waals surface area contributed by atoms with Crippen LogP contribution < -0.4 is 10.1 Å². The molecular formula is C25H21BrN2O2S. The number of carbonyl (C=O) groups is 1. The lowest BCUT2D eigenvalue weighted by Gasteiger charge is -2.07. The number of aryl methyl sites for hydroxylation is 1. The number of nitrogens with zero attached hydrogens (tertiary/aromatic N) is 1. The van der Waals surface area contributed by atoms with Crippen molar-refractivity contribution in [2.24, 2.45) is 4.99 Å². The van der Waals surface area contributed by atoms with Crippen LogP contribution >= 0.6 is 27.7 Å². The Labute approximate surface area is 194 Å². The molecule has 1 aliphatic heterocycles. The minimum absolute atomic E-state index is 0.135. The fraction of sp³-hybridized carbons (Fsp3) is 0.120. The highest BCUT2D eigenvalue weighted by Crippen LogP contribution is 2.28. The van der Waals surface area contributed by atoms with Gasteiger partial charge in [-0.25, -0.2) is 4.99 Å². The Morgan fingerprint density at radius 3 is 2.32 bits per heavy atom. The van der Waals surface area contributed by atoms with Crippen molar-refractivity contribution in [2.45, 2.75) is 20.0 Å². The second kappa shape index (κ2) is 9.98. The molecule has 3 aromatic carbocycles. The lowest BCUT2D eigenvalue weighted by molar-refractivity contribution is -0.115. The Balaban J connectivity index is 1.39. The molecule has 4 rings (SSSR count). The number of benzene rings is 3. The van der Waals surface area contributed by atoms with E-state index in [2.05, 4.69) is 45.3 Å². The predicted molar refractivity (Wildman–Crippen MR) is 132 cm³/mol. The number of amides is 1. The minimum Gasteiger partial charge on any atom is -0.489 e. The first-order chi connectivity index (χ1) is 15.1. The normalized spacial score (nSPS) is 16.0. The zero-order chi connectivity index (χ0) is 21.6. The highest BCUT2D eigenvalue weighted by Gasteiger charge is 2.23. The Morgan fingerprint density at radius 1 is 0.968 bits per heavy atom. The summed E-state index contributed by atoms with van der Waals surface area (Å²) in [7, 11) is 0. The fourth-order valence-corrected chi connectivity index (χ4v) is 4.07. The molecule has 0 saturated carbocycles. The van der Waals surface area contributed by atoms with Gasteiger partial charge in [-0.05, 0) is 77.3 Å². The number of hydrogen-bond acceptors (Lipinski definition) is 4. The van der Waals surface area contributed by atoms with Gasteiger partial charge in [0, 0.05) is 4.47 Å². The van der Waals surface area contributed by atoms with E-state index in [4.69, 9.17) is 4.74 Å².